The van der Waals surface area contributed by atoms with Crippen molar-refractivity contribution in [3.8, 4) is 5.75 Å². The van der Waals surface area contributed by atoms with Crippen molar-refractivity contribution in [3.05, 3.63) is 29.8 Å². The van der Waals surface area contributed by atoms with Gasteiger partial charge >= 0.3 is 0 Å². The number of benzene rings is 1. The van der Waals surface area contributed by atoms with Crippen LogP contribution in [-0.4, -0.2) is 55.2 Å². The van der Waals surface area contributed by atoms with E-state index in [4.69, 9.17) is 9.47 Å². The number of carbonyl (C=O) groups excluding carboxylic acids is 2. The van der Waals surface area contributed by atoms with Gasteiger partial charge in [0.2, 0.25) is 5.91 Å². The molecule has 1 N–H and O–H groups in total. The Balaban J connectivity index is 1.86. The van der Waals surface area contributed by atoms with Crippen LogP contribution in [-0.2, 0) is 9.53 Å². The van der Waals surface area contributed by atoms with Gasteiger partial charge in [-0.1, -0.05) is 0 Å². The Morgan fingerprint density at radius 3 is 2.64 bits per heavy atom. The molecule has 6 nitrogen and oxygen atoms in total. The van der Waals surface area contributed by atoms with Crippen LogP contribution in [0.25, 0.3) is 0 Å². The van der Waals surface area contributed by atoms with Gasteiger partial charge in [0.15, 0.2) is 0 Å². The maximum atomic E-state index is 12.1. The first-order valence-electron chi connectivity index (χ1n) is 8.92. The zero-order valence-corrected chi connectivity index (χ0v) is 15.3. The van der Waals surface area contributed by atoms with Gasteiger partial charge in [-0.15, -0.1) is 0 Å². The van der Waals surface area contributed by atoms with Crippen molar-refractivity contribution in [1.29, 1.82) is 0 Å². The summed E-state index contributed by atoms with van der Waals surface area (Å²) in [5.41, 5.74) is 0.607. The molecule has 1 heterocycles. The minimum absolute atomic E-state index is 0.0219. The van der Waals surface area contributed by atoms with Crippen molar-refractivity contribution in [1.82, 2.24) is 10.2 Å². The molecule has 1 unspecified atom stereocenters. The Morgan fingerprint density at radius 2 is 2.00 bits per heavy atom. The van der Waals surface area contributed by atoms with Gasteiger partial charge in [-0.25, -0.2) is 0 Å². The summed E-state index contributed by atoms with van der Waals surface area (Å²) in [7, 11) is 0. The van der Waals surface area contributed by atoms with Crippen molar-refractivity contribution in [2.45, 2.75) is 45.7 Å². The summed E-state index contributed by atoms with van der Waals surface area (Å²) in [6.45, 7) is 7.61. The van der Waals surface area contributed by atoms with E-state index < -0.39 is 0 Å². The molecule has 1 aliphatic heterocycles. The number of ether oxygens (including phenoxy) is 2. The van der Waals surface area contributed by atoms with Crippen LogP contribution in [0.3, 0.4) is 0 Å². The zero-order chi connectivity index (χ0) is 18.2. The summed E-state index contributed by atoms with van der Waals surface area (Å²) >= 11 is 0. The van der Waals surface area contributed by atoms with Crippen molar-refractivity contribution in [2.24, 2.45) is 0 Å². The van der Waals surface area contributed by atoms with Crippen molar-refractivity contribution in [3.63, 3.8) is 0 Å². The predicted molar refractivity (Wildman–Crippen MR) is 95.8 cm³/mol. The molecule has 138 valence electrons. The number of amides is 2. The van der Waals surface area contributed by atoms with E-state index in [0.29, 0.717) is 24.5 Å². The first-order chi connectivity index (χ1) is 12.0. The highest BCUT2D eigenvalue weighted by Gasteiger charge is 2.29. The van der Waals surface area contributed by atoms with Crippen LogP contribution in [0.5, 0.6) is 5.75 Å². The highest BCUT2D eigenvalue weighted by Crippen LogP contribution is 2.20. The lowest BCUT2D eigenvalue weighted by molar-refractivity contribution is -0.137. The molecule has 0 aromatic heterocycles. The topological polar surface area (TPSA) is 67.9 Å². The van der Waals surface area contributed by atoms with E-state index in [0.717, 1.165) is 19.4 Å². The molecule has 1 aliphatic rings. The predicted octanol–water partition coefficient (Wildman–Crippen LogP) is 2.23. The number of carbonyl (C=O) groups is 2. The highest BCUT2D eigenvalue weighted by atomic mass is 16.5. The average Bonchev–Trinajstić information content (AvgIpc) is 3.06. The summed E-state index contributed by atoms with van der Waals surface area (Å²) in [5, 5.41) is 2.85. The molecule has 0 aliphatic carbocycles. The van der Waals surface area contributed by atoms with Gasteiger partial charge in [-0.3, -0.25) is 9.59 Å². The van der Waals surface area contributed by atoms with Gasteiger partial charge < -0.3 is 19.7 Å². The molecular formula is C19H28N2O4. The van der Waals surface area contributed by atoms with E-state index in [1.807, 2.05) is 25.7 Å². The van der Waals surface area contributed by atoms with Crippen molar-refractivity contribution >= 4 is 11.8 Å². The van der Waals surface area contributed by atoms with Gasteiger partial charge in [-0.2, -0.15) is 0 Å². The lowest BCUT2D eigenvalue weighted by atomic mass is 10.2. The molecule has 0 saturated carbocycles. The second-order valence-corrected chi connectivity index (χ2v) is 6.48. The zero-order valence-electron chi connectivity index (χ0n) is 15.3. The molecule has 0 radical (unpaired) electrons. The van der Waals surface area contributed by atoms with Crippen LogP contribution in [0.4, 0.5) is 0 Å². The fourth-order valence-corrected chi connectivity index (χ4v) is 2.85. The molecule has 2 rings (SSSR count). The quantitative estimate of drug-likeness (QED) is 0.782. The molecule has 1 saturated heterocycles. The summed E-state index contributed by atoms with van der Waals surface area (Å²) in [6, 6.07) is 7.26. The Hall–Kier alpha value is -2.08. The van der Waals surface area contributed by atoms with E-state index in [1.54, 1.807) is 24.3 Å². The molecule has 1 fully saturated rings. The Labute approximate surface area is 149 Å². The van der Waals surface area contributed by atoms with Gasteiger partial charge in [0.05, 0.1) is 6.04 Å². The minimum atomic E-state index is -0.0926. The third kappa shape index (κ3) is 5.74. The molecule has 0 spiro atoms. The van der Waals surface area contributed by atoms with Crippen molar-refractivity contribution < 1.29 is 19.1 Å². The highest BCUT2D eigenvalue weighted by molar-refractivity contribution is 5.94. The number of nitrogens with one attached hydrogen (secondary N) is 1. The summed E-state index contributed by atoms with van der Waals surface area (Å²) in [4.78, 5) is 25.9. The van der Waals surface area contributed by atoms with Gasteiger partial charge in [-0.05, 0) is 57.9 Å². The van der Waals surface area contributed by atoms with Crippen LogP contribution < -0.4 is 10.1 Å². The molecular weight excluding hydrogens is 320 g/mol. The molecule has 25 heavy (non-hydrogen) atoms. The first kappa shape index (κ1) is 19.2. The number of hydrogen-bond donors (Lipinski definition) is 1. The summed E-state index contributed by atoms with van der Waals surface area (Å²) < 4.78 is 11.0. The lowest BCUT2D eigenvalue weighted by Crippen LogP contribution is -2.41. The Kier molecular flexibility index (Phi) is 7.25. The van der Waals surface area contributed by atoms with E-state index in [1.165, 1.54) is 0 Å². The van der Waals surface area contributed by atoms with Crippen molar-refractivity contribution in [2.75, 3.05) is 26.4 Å². The number of likely N-dealkylation sites (tertiary alicyclic amines) is 1. The van der Waals surface area contributed by atoms with Crippen LogP contribution in [0.15, 0.2) is 24.3 Å². The largest absolute Gasteiger partial charge is 0.491 e. The van der Waals surface area contributed by atoms with Crippen LogP contribution in [0.2, 0.25) is 0 Å². The molecule has 6 heteroatoms. The number of nitrogens with zero attached hydrogens (tertiary/aromatic N) is 1. The molecule has 1 aromatic rings. The maximum absolute atomic E-state index is 12.1. The van der Waals surface area contributed by atoms with Crippen LogP contribution >= 0.6 is 0 Å². The number of rotatable bonds is 8. The van der Waals surface area contributed by atoms with Crippen LogP contribution in [0, 0.1) is 0 Å². The fourth-order valence-electron chi connectivity index (χ4n) is 2.85. The van der Waals surface area contributed by atoms with Gasteiger partial charge in [0.25, 0.3) is 5.91 Å². The van der Waals surface area contributed by atoms with E-state index in [-0.39, 0.29) is 30.5 Å². The number of hydrogen-bond acceptors (Lipinski definition) is 4. The standard InChI is InChI=1S/C19H28N2O4/c1-4-24-13-18(22)21-11-5-6-16(21)12-25-17-9-7-15(8-10-17)19(23)20-14(2)3/h7-10,14,16H,4-6,11-13H2,1-3H3,(H,20,23). The summed E-state index contributed by atoms with van der Waals surface area (Å²) in [6.07, 6.45) is 1.92. The summed E-state index contributed by atoms with van der Waals surface area (Å²) in [5.74, 6) is 0.629. The first-order valence-corrected chi connectivity index (χ1v) is 8.92. The second-order valence-electron chi connectivity index (χ2n) is 6.48. The maximum Gasteiger partial charge on any atom is 0.251 e. The smallest absolute Gasteiger partial charge is 0.251 e. The fraction of sp³-hybridized carbons (Fsp3) is 0.579. The molecule has 0 bridgehead atoms. The van der Waals surface area contributed by atoms with E-state index in [9.17, 15) is 9.59 Å². The normalized spacial score (nSPS) is 17.0. The average molecular weight is 348 g/mol. The van der Waals surface area contributed by atoms with E-state index in [2.05, 4.69) is 5.32 Å². The minimum Gasteiger partial charge on any atom is -0.491 e. The van der Waals surface area contributed by atoms with E-state index >= 15 is 0 Å². The van der Waals surface area contributed by atoms with Gasteiger partial charge in [0, 0.05) is 24.8 Å². The molecule has 1 aromatic carbocycles. The third-order valence-electron chi connectivity index (χ3n) is 4.11. The Bertz CT molecular complexity index is 571. The van der Waals surface area contributed by atoms with Crippen LogP contribution in [0.1, 0.15) is 44.0 Å². The van der Waals surface area contributed by atoms with Gasteiger partial charge in [0.1, 0.15) is 19.0 Å². The SMILES string of the molecule is CCOCC(=O)N1CCCC1COc1ccc(C(=O)NC(C)C)cc1. The lowest BCUT2D eigenvalue weighted by Gasteiger charge is -2.24. The second kappa shape index (κ2) is 9.42. The monoisotopic (exact) mass is 348 g/mol. The third-order valence-corrected chi connectivity index (χ3v) is 4.11. The Morgan fingerprint density at radius 1 is 1.28 bits per heavy atom. The molecule has 2 amide bonds. The molecule has 1 atom stereocenters.